The average Bonchev–Trinajstić information content (AvgIpc) is 2.80. The summed E-state index contributed by atoms with van der Waals surface area (Å²) in [7, 11) is 1.19. The van der Waals surface area contributed by atoms with Gasteiger partial charge in [-0.2, -0.15) is 0 Å². The largest absolute Gasteiger partial charge is 0.494 e. The first kappa shape index (κ1) is 23.3. The first-order valence-electron chi connectivity index (χ1n) is 10.5. The van der Waals surface area contributed by atoms with E-state index in [0.717, 1.165) is 37.6 Å². The van der Waals surface area contributed by atoms with E-state index in [1.807, 2.05) is 4.90 Å². The lowest BCUT2D eigenvalue weighted by Gasteiger charge is -2.33. The first-order valence-corrected chi connectivity index (χ1v) is 10.5. The van der Waals surface area contributed by atoms with Gasteiger partial charge in [0.15, 0.2) is 23.1 Å². The Balaban J connectivity index is 1.71. The lowest BCUT2D eigenvalue weighted by atomic mass is 10.1. The van der Waals surface area contributed by atoms with Gasteiger partial charge in [0, 0.05) is 31.4 Å². The van der Waals surface area contributed by atoms with Crippen LogP contribution in [0.4, 0.5) is 30.2 Å². The lowest BCUT2D eigenvalue weighted by Crippen LogP contribution is -2.43. The summed E-state index contributed by atoms with van der Waals surface area (Å²) in [5.41, 5.74) is 10.8. The van der Waals surface area contributed by atoms with E-state index in [0.29, 0.717) is 17.9 Å². The predicted octanol–water partition coefficient (Wildman–Crippen LogP) is 3.33. The molecular formula is C23H23F3N6O2. The fourth-order valence-corrected chi connectivity index (χ4v) is 3.94. The minimum Gasteiger partial charge on any atom is -0.494 e. The Bertz CT molecular complexity index is 1240. The molecule has 34 heavy (non-hydrogen) atoms. The van der Waals surface area contributed by atoms with Crippen LogP contribution in [0.15, 0.2) is 36.7 Å². The number of aromatic nitrogens is 2. The van der Waals surface area contributed by atoms with Gasteiger partial charge in [0.05, 0.1) is 35.9 Å². The van der Waals surface area contributed by atoms with Crippen LogP contribution in [0, 0.1) is 17.5 Å². The summed E-state index contributed by atoms with van der Waals surface area (Å²) >= 11 is 0. The van der Waals surface area contributed by atoms with E-state index in [4.69, 9.17) is 16.2 Å². The minimum absolute atomic E-state index is 0.00454. The molecule has 1 aliphatic heterocycles. The molecular weight excluding hydrogens is 449 g/mol. The van der Waals surface area contributed by atoms with Crippen LogP contribution in [0.25, 0.3) is 11.3 Å². The number of carbonyl (C=O) groups excluding carboxylic acids is 1. The highest BCUT2D eigenvalue weighted by atomic mass is 19.1. The summed E-state index contributed by atoms with van der Waals surface area (Å²) < 4.78 is 48.7. The summed E-state index contributed by atoms with van der Waals surface area (Å²) in [5.74, 6) is -4.42. The zero-order valence-electron chi connectivity index (χ0n) is 18.3. The van der Waals surface area contributed by atoms with E-state index in [1.54, 1.807) is 12.3 Å². The van der Waals surface area contributed by atoms with E-state index in [2.05, 4.69) is 15.3 Å². The van der Waals surface area contributed by atoms with Crippen molar-refractivity contribution in [3.05, 3.63) is 59.8 Å². The van der Waals surface area contributed by atoms with Gasteiger partial charge in [0.2, 0.25) is 0 Å². The van der Waals surface area contributed by atoms with Crippen LogP contribution in [0.2, 0.25) is 0 Å². The van der Waals surface area contributed by atoms with Crippen molar-refractivity contribution >= 4 is 23.0 Å². The molecule has 1 aliphatic rings. The number of hydrogen-bond acceptors (Lipinski definition) is 7. The Kier molecular flexibility index (Phi) is 6.55. The molecule has 2 aromatic heterocycles. The molecule has 8 nitrogen and oxygen atoms in total. The quantitative estimate of drug-likeness (QED) is 0.521. The monoisotopic (exact) mass is 472 g/mol. The van der Waals surface area contributed by atoms with Gasteiger partial charge in [-0.3, -0.25) is 9.78 Å². The molecule has 0 spiro atoms. The Morgan fingerprint density at radius 1 is 1.24 bits per heavy atom. The number of hydrogen-bond donors (Lipinski definition) is 3. The first-order chi connectivity index (χ1) is 16.3. The molecule has 3 heterocycles. The number of piperidine rings is 1. The molecule has 5 N–H and O–H groups in total. The third-order valence-corrected chi connectivity index (χ3v) is 5.58. The molecule has 0 unspecified atom stereocenters. The van der Waals surface area contributed by atoms with Crippen molar-refractivity contribution in [2.24, 2.45) is 5.73 Å². The number of nitrogen functional groups attached to an aromatic ring is 1. The maximum absolute atomic E-state index is 14.7. The number of anilines is 3. The molecule has 3 aromatic rings. The number of nitrogens with two attached hydrogens (primary N) is 2. The van der Waals surface area contributed by atoms with Crippen LogP contribution in [0.3, 0.4) is 0 Å². The van der Waals surface area contributed by atoms with Crippen molar-refractivity contribution in [1.29, 1.82) is 0 Å². The van der Waals surface area contributed by atoms with Crippen molar-refractivity contribution in [3.8, 4) is 17.0 Å². The molecule has 1 atom stereocenters. The van der Waals surface area contributed by atoms with Crippen LogP contribution in [-0.2, 0) is 0 Å². The van der Waals surface area contributed by atoms with Crippen molar-refractivity contribution in [2.75, 3.05) is 36.1 Å². The number of nitrogens with one attached hydrogen (secondary N) is 1. The number of rotatable bonds is 5. The van der Waals surface area contributed by atoms with E-state index >= 15 is 0 Å². The number of carbonyl (C=O) groups is 1. The summed E-state index contributed by atoms with van der Waals surface area (Å²) in [5, 5.41) is 2.67. The number of nitrogens with zero attached hydrogens (tertiary/aromatic N) is 3. The fourth-order valence-electron chi connectivity index (χ4n) is 3.94. The number of benzene rings is 1. The molecule has 1 amide bonds. The molecule has 0 radical (unpaired) electrons. The van der Waals surface area contributed by atoms with E-state index < -0.39 is 40.3 Å². The summed E-state index contributed by atoms with van der Waals surface area (Å²) in [6, 6.07) is 4.51. The van der Waals surface area contributed by atoms with Gasteiger partial charge in [-0.1, -0.05) is 0 Å². The summed E-state index contributed by atoms with van der Waals surface area (Å²) in [6.07, 6.45) is 4.83. The Hall–Kier alpha value is -3.86. The normalized spacial score (nSPS) is 15.8. The summed E-state index contributed by atoms with van der Waals surface area (Å²) in [6.45, 7) is 1.35. The molecule has 11 heteroatoms. The smallest absolute Gasteiger partial charge is 0.276 e. The predicted molar refractivity (Wildman–Crippen MR) is 122 cm³/mol. The molecule has 1 fully saturated rings. The maximum atomic E-state index is 14.7. The Morgan fingerprint density at radius 2 is 2.03 bits per heavy atom. The number of ether oxygens (including phenoxy) is 1. The van der Waals surface area contributed by atoms with E-state index in [9.17, 15) is 18.0 Å². The number of pyridine rings is 2. The molecule has 0 bridgehead atoms. The van der Waals surface area contributed by atoms with Gasteiger partial charge in [-0.25, -0.2) is 18.2 Å². The van der Waals surface area contributed by atoms with E-state index in [1.165, 1.54) is 13.3 Å². The van der Waals surface area contributed by atoms with Crippen LogP contribution in [-0.4, -0.2) is 42.1 Å². The molecule has 178 valence electrons. The number of amides is 1. The van der Waals surface area contributed by atoms with Crippen molar-refractivity contribution in [1.82, 2.24) is 9.97 Å². The minimum atomic E-state index is -1.15. The third-order valence-electron chi connectivity index (χ3n) is 5.58. The van der Waals surface area contributed by atoms with Gasteiger partial charge >= 0.3 is 0 Å². The standard InChI is InChI=1S/C23H23F3N6O2/c1-34-18-5-4-13(24)19(20(18)26)21-14(25)9-15(28)22(31-21)23(33)30-16-10-29-7-6-17(16)32-8-2-3-12(27)11-32/h4-7,9-10,12H,2-3,8,11,27-28H2,1H3,(H,30,33)/t12-/m0/s1. The zero-order valence-corrected chi connectivity index (χ0v) is 18.3. The second-order valence-electron chi connectivity index (χ2n) is 7.89. The highest BCUT2D eigenvalue weighted by Gasteiger charge is 2.25. The van der Waals surface area contributed by atoms with Crippen LogP contribution in [0.1, 0.15) is 23.3 Å². The molecule has 1 aromatic carbocycles. The van der Waals surface area contributed by atoms with Gasteiger partial charge < -0.3 is 26.4 Å². The van der Waals surface area contributed by atoms with Crippen molar-refractivity contribution < 1.29 is 22.7 Å². The summed E-state index contributed by atoms with van der Waals surface area (Å²) in [4.78, 5) is 23.0. The Morgan fingerprint density at radius 3 is 2.76 bits per heavy atom. The van der Waals surface area contributed by atoms with Crippen LogP contribution < -0.4 is 26.4 Å². The maximum Gasteiger partial charge on any atom is 0.276 e. The Labute approximate surface area is 193 Å². The van der Waals surface area contributed by atoms with Gasteiger partial charge in [-0.15, -0.1) is 0 Å². The SMILES string of the molecule is COc1ccc(F)c(-c2nc(C(=O)Nc3cnccc3N3CCC[C@H](N)C3)c(N)cc2F)c1F. The fraction of sp³-hybridized carbons (Fsp3) is 0.261. The van der Waals surface area contributed by atoms with E-state index in [-0.39, 0.29) is 17.5 Å². The lowest BCUT2D eigenvalue weighted by molar-refractivity contribution is 0.102. The molecule has 0 aliphatic carbocycles. The van der Waals surface area contributed by atoms with Crippen LogP contribution >= 0.6 is 0 Å². The molecule has 0 saturated carbocycles. The highest BCUT2D eigenvalue weighted by molar-refractivity contribution is 6.08. The zero-order chi connectivity index (χ0) is 24.4. The topological polar surface area (TPSA) is 119 Å². The second-order valence-corrected chi connectivity index (χ2v) is 7.89. The third kappa shape index (κ3) is 4.46. The van der Waals surface area contributed by atoms with Gasteiger partial charge in [-0.05, 0) is 31.0 Å². The van der Waals surface area contributed by atoms with Crippen LogP contribution in [0.5, 0.6) is 5.75 Å². The number of methoxy groups -OCH3 is 1. The number of halogens is 3. The average molecular weight is 472 g/mol. The molecule has 1 saturated heterocycles. The highest BCUT2D eigenvalue weighted by Crippen LogP contribution is 2.34. The van der Waals surface area contributed by atoms with Gasteiger partial charge in [0.25, 0.3) is 5.91 Å². The van der Waals surface area contributed by atoms with Crippen molar-refractivity contribution in [3.63, 3.8) is 0 Å². The molecule has 4 rings (SSSR count). The van der Waals surface area contributed by atoms with Gasteiger partial charge in [0.1, 0.15) is 11.5 Å². The van der Waals surface area contributed by atoms with Crippen molar-refractivity contribution in [2.45, 2.75) is 18.9 Å². The second kappa shape index (κ2) is 9.56.